The Labute approximate surface area is 178 Å². The Morgan fingerprint density at radius 1 is 1.17 bits per heavy atom. The van der Waals surface area contributed by atoms with Crippen LogP contribution < -0.4 is 4.74 Å². The molecule has 0 unspecified atom stereocenters. The Kier molecular flexibility index (Phi) is 6.38. The third-order valence-corrected chi connectivity index (χ3v) is 5.95. The average molecular weight is 407 g/mol. The quantitative estimate of drug-likeness (QED) is 0.545. The first-order chi connectivity index (χ1) is 14.7. The van der Waals surface area contributed by atoms with Gasteiger partial charge in [0.15, 0.2) is 0 Å². The van der Waals surface area contributed by atoms with Gasteiger partial charge in [0.2, 0.25) is 5.91 Å². The van der Waals surface area contributed by atoms with Gasteiger partial charge in [-0.2, -0.15) is 0 Å². The van der Waals surface area contributed by atoms with Gasteiger partial charge in [-0.05, 0) is 56.6 Å². The summed E-state index contributed by atoms with van der Waals surface area (Å²) in [5.74, 6) is 0.940. The van der Waals surface area contributed by atoms with Crippen LogP contribution in [0.15, 0.2) is 59.2 Å². The molecule has 1 atom stereocenters. The molecule has 2 heterocycles. The number of carbonyl (C=O) groups excluding carboxylic acids is 1. The molecule has 1 fully saturated rings. The fraction of sp³-hybridized carbons (Fsp3) is 0.400. The van der Waals surface area contributed by atoms with Crippen molar-refractivity contribution in [1.29, 1.82) is 0 Å². The van der Waals surface area contributed by atoms with Crippen LogP contribution in [0.2, 0.25) is 0 Å². The fourth-order valence-electron chi connectivity index (χ4n) is 4.27. The molecule has 1 amide bonds. The number of hydrogen-bond donors (Lipinski definition) is 0. The second-order valence-electron chi connectivity index (χ2n) is 7.97. The highest BCUT2D eigenvalue weighted by atomic mass is 16.5. The van der Waals surface area contributed by atoms with E-state index in [1.807, 2.05) is 55.3 Å². The summed E-state index contributed by atoms with van der Waals surface area (Å²) in [6, 6.07) is 16.0. The molecule has 0 bridgehead atoms. The van der Waals surface area contributed by atoms with E-state index in [0.29, 0.717) is 13.0 Å². The standard InChI is InChI=1S/C25H30N2O3/c1-3-29-21-10-8-9-19(15-21)23(17-27-13-6-7-14-27)26(2)25(28)16-20-18-30-24-12-5-4-11-22(20)24/h4-5,8-12,15,18,23H,3,6-7,13-14,16-17H2,1-2H3/t23-/m1/s1. The molecular formula is C25H30N2O3. The van der Waals surface area contributed by atoms with Gasteiger partial charge in [0.05, 0.1) is 25.3 Å². The highest BCUT2D eigenvalue weighted by Crippen LogP contribution is 2.28. The zero-order valence-electron chi connectivity index (χ0n) is 17.8. The van der Waals surface area contributed by atoms with E-state index in [-0.39, 0.29) is 11.9 Å². The molecule has 3 aromatic rings. The topological polar surface area (TPSA) is 45.9 Å². The minimum atomic E-state index is -0.0193. The summed E-state index contributed by atoms with van der Waals surface area (Å²) < 4.78 is 11.3. The third-order valence-electron chi connectivity index (χ3n) is 5.95. The zero-order chi connectivity index (χ0) is 20.9. The fourth-order valence-corrected chi connectivity index (χ4v) is 4.27. The first-order valence-electron chi connectivity index (χ1n) is 10.8. The lowest BCUT2D eigenvalue weighted by atomic mass is 10.0. The molecule has 1 aliphatic rings. The highest BCUT2D eigenvalue weighted by Gasteiger charge is 2.26. The van der Waals surface area contributed by atoms with E-state index in [9.17, 15) is 4.79 Å². The zero-order valence-corrected chi connectivity index (χ0v) is 17.8. The van der Waals surface area contributed by atoms with Crippen molar-refractivity contribution in [3.8, 4) is 5.75 Å². The van der Waals surface area contributed by atoms with Crippen LogP contribution in [-0.4, -0.2) is 49.0 Å². The van der Waals surface area contributed by atoms with E-state index in [4.69, 9.17) is 9.15 Å². The normalized spacial score (nSPS) is 15.4. The molecule has 158 valence electrons. The van der Waals surface area contributed by atoms with Gasteiger partial charge in [0.1, 0.15) is 11.3 Å². The predicted octanol–water partition coefficient (Wildman–Crippen LogP) is 4.67. The molecular weight excluding hydrogens is 376 g/mol. The number of benzene rings is 2. The Morgan fingerprint density at radius 2 is 1.97 bits per heavy atom. The van der Waals surface area contributed by atoms with Crippen LogP contribution >= 0.6 is 0 Å². The molecule has 5 heteroatoms. The van der Waals surface area contributed by atoms with Gasteiger partial charge >= 0.3 is 0 Å². The predicted molar refractivity (Wildman–Crippen MR) is 119 cm³/mol. The van der Waals surface area contributed by atoms with Crippen molar-refractivity contribution in [2.75, 3.05) is 33.3 Å². The number of nitrogens with zero attached hydrogens (tertiary/aromatic N) is 2. The maximum Gasteiger partial charge on any atom is 0.227 e. The van der Waals surface area contributed by atoms with E-state index in [1.165, 1.54) is 12.8 Å². The van der Waals surface area contributed by atoms with Crippen LogP contribution in [0.25, 0.3) is 11.0 Å². The second kappa shape index (κ2) is 9.35. The highest BCUT2D eigenvalue weighted by molar-refractivity contribution is 5.87. The van der Waals surface area contributed by atoms with Crippen LogP contribution in [0, 0.1) is 0 Å². The number of furan rings is 1. The second-order valence-corrected chi connectivity index (χ2v) is 7.97. The summed E-state index contributed by atoms with van der Waals surface area (Å²) in [6.07, 6.45) is 4.49. The van der Waals surface area contributed by atoms with Crippen molar-refractivity contribution in [1.82, 2.24) is 9.80 Å². The van der Waals surface area contributed by atoms with E-state index in [2.05, 4.69) is 17.0 Å². The Bertz CT molecular complexity index is 991. The number of para-hydroxylation sites is 1. The summed E-state index contributed by atoms with van der Waals surface area (Å²) in [5.41, 5.74) is 2.87. The van der Waals surface area contributed by atoms with Gasteiger partial charge in [-0.1, -0.05) is 30.3 Å². The monoisotopic (exact) mass is 406 g/mol. The lowest BCUT2D eigenvalue weighted by Crippen LogP contribution is -2.39. The van der Waals surface area contributed by atoms with Crippen molar-refractivity contribution in [2.45, 2.75) is 32.2 Å². The minimum absolute atomic E-state index is 0.0193. The first-order valence-corrected chi connectivity index (χ1v) is 10.8. The van der Waals surface area contributed by atoms with Gasteiger partial charge < -0.3 is 19.0 Å². The summed E-state index contributed by atoms with van der Waals surface area (Å²) in [4.78, 5) is 17.6. The molecule has 5 nitrogen and oxygen atoms in total. The van der Waals surface area contributed by atoms with Crippen molar-refractivity contribution in [3.63, 3.8) is 0 Å². The number of rotatable bonds is 8. The number of likely N-dealkylation sites (N-methyl/N-ethyl adjacent to an activating group) is 1. The van der Waals surface area contributed by atoms with E-state index in [0.717, 1.165) is 47.5 Å². The number of amides is 1. The van der Waals surface area contributed by atoms with Crippen LogP contribution in [0.5, 0.6) is 5.75 Å². The molecule has 1 saturated heterocycles. The molecule has 1 aromatic heterocycles. The number of likely N-dealkylation sites (tertiary alicyclic amines) is 1. The number of hydrogen-bond acceptors (Lipinski definition) is 4. The maximum absolute atomic E-state index is 13.3. The van der Waals surface area contributed by atoms with Gasteiger partial charge in [-0.15, -0.1) is 0 Å². The summed E-state index contributed by atoms with van der Waals surface area (Å²) in [7, 11) is 1.92. The Morgan fingerprint density at radius 3 is 2.77 bits per heavy atom. The van der Waals surface area contributed by atoms with Gasteiger partial charge in [-0.25, -0.2) is 0 Å². The number of carbonyl (C=O) groups is 1. The molecule has 0 aliphatic carbocycles. The first kappa shape index (κ1) is 20.5. The Balaban J connectivity index is 1.57. The Hall–Kier alpha value is -2.79. The summed E-state index contributed by atoms with van der Waals surface area (Å²) in [6.45, 7) is 5.64. The molecule has 0 radical (unpaired) electrons. The lowest BCUT2D eigenvalue weighted by molar-refractivity contribution is -0.131. The third kappa shape index (κ3) is 4.51. The summed E-state index contributed by atoms with van der Waals surface area (Å²) >= 11 is 0. The molecule has 4 rings (SSSR count). The van der Waals surface area contributed by atoms with Crippen LogP contribution in [0.1, 0.15) is 36.9 Å². The molecule has 30 heavy (non-hydrogen) atoms. The average Bonchev–Trinajstić information content (AvgIpc) is 3.42. The van der Waals surface area contributed by atoms with Crippen molar-refractivity contribution in [2.24, 2.45) is 0 Å². The van der Waals surface area contributed by atoms with E-state index >= 15 is 0 Å². The van der Waals surface area contributed by atoms with Gasteiger partial charge in [-0.3, -0.25) is 4.79 Å². The van der Waals surface area contributed by atoms with Crippen molar-refractivity contribution in [3.05, 3.63) is 65.9 Å². The molecule has 0 saturated carbocycles. The largest absolute Gasteiger partial charge is 0.494 e. The van der Waals surface area contributed by atoms with Crippen molar-refractivity contribution >= 4 is 16.9 Å². The molecule has 1 aliphatic heterocycles. The molecule has 2 aromatic carbocycles. The summed E-state index contributed by atoms with van der Waals surface area (Å²) in [5, 5.41) is 1.01. The van der Waals surface area contributed by atoms with Crippen LogP contribution in [-0.2, 0) is 11.2 Å². The SMILES string of the molecule is CCOc1cccc([C@@H](CN2CCCC2)N(C)C(=O)Cc2coc3ccccc23)c1. The molecule has 0 spiro atoms. The van der Waals surface area contributed by atoms with Crippen LogP contribution in [0.3, 0.4) is 0 Å². The molecule has 0 N–H and O–H groups in total. The minimum Gasteiger partial charge on any atom is -0.494 e. The van der Waals surface area contributed by atoms with Gasteiger partial charge in [0.25, 0.3) is 0 Å². The number of ether oxygens (including phenoxy) is 1. The lowest BCUT2D eigenvalue weighted by Gasteiger charge is -2.32. The smallest absolute Gasteiger partial charge is 0.227 e. The van der Waals surface area contributed by atoms with Crippen LogP contribution in [0.4, 0.5) is 0 Å². The maximum atomic E-state index is 13.3. The number of fused-ring (bicyclic) bond motifs is 1. The van der Waals surface area contributed by atoms with Gasteiger partial charge in [0, 0.05) is 24.5 Å². The van der Waals surface area contributed by atoms with Crippen molar-refractivity contribution < 1.29 is 13.9 Å². The van der Waals surface area contributed by atoms with E-state index < -0.39 is 0 Å². The van der Waals surface area contributed by atoms with E-state index in [1.54, 1.807) is 6.26 Å².